The summed E-state index contributed by atoms with van der Waals surface area (Å²) in [6.45, 7) is 0. The van der Waals surface area contributed by atoms with Gasteiger partial charge >= 0.3 is 6.03 Å². The molecule has 5 nitrogen and oxygen atoms in total. The second kappa shape index (κ2) is 3.85. The third-order valence-corrected chi connectivity index (χ3v) is 2.77. The third-order valence-electron chi connectivity index (χ3n) is 1.40. The van der Waals surface area contributed by atoms with Crippen molar-refractivity contribution in [2.45, 2.75) is 4.90 Å². The van der Waals surface area contributed by atoms with E-state index in [2.05, 4.69) is 5.32 Å². The zero-order valence-electron chi connectivity index (χ0n) is 6.90. The monoisotopic (exact) mass is 234 g/mol. The van der Waals surface area contributed by atoms with E-state index in [1.165, 1.54) is 24.3 Å². The van der Waals surface area contributed by atoms with Crippen molar-refractivity contribution in [3.8, 4) is 0 Å². The molecule has 0 saturated carbocycles. The number of hydrogen-bond acceptors (Lipinski definition) is 3. The standard InChI is InChI=1S/C7H7ClN2O3S/c8-14(12,13)6-3-1-5(2-4-6)10-7(9)11/h1-4H,(H3,9,10,11). The van der Waals surface area contributed by atoms with E-state index >= 15 is 0 Å². The van der Waals surface area contributed by atoms with Crippen LogP contribution in [0.1, 0.15) is 0 Å². The normalized spacial score (nSPS) is 10.9. The predicted molar refractivity (Wildman–Crippen MR) is 52.7 cm³/mol. The molecule has 0 atom stereocenters. The van der Waals surface area contributed by atoms with E-state index < -0.39 is 15.1 Å². The molecule has 0 radical (unpaired) electrons. The number of anilines is 1. The van der Waals surface area contributed by atoms with Crippen LogP contribution in [0.5, 0.6) is 0 Å². The lowest BCUT2D eigenvalue weighted by atomic mass is 10.3. The Morgan fingerprint density at radius 1 is 1.29 bits per heavy atom. The highest BCUT2D eigenvalue weighted by Crippen LogP contribution is 2.17. The molecule has 76 valence electrons. The van der Waals surface area contributed by atoms with Crippen LogP contribution in [-0.2, 0) is 9.05 Å². The summed E-state index contributed by atoms with van der Waals surface area (Å²) in [4.78, 5) is 10.4. The SMILES string of the molecule is NC(=O)Nc1ccc(S(=O)(=O)Cl)cc1. The van der Waals surface area contributed by atoms with Gasteiger partial charge in [-0.2, -0.15) is 0 Å². The molecule has 1 aromatic rings. The number of carbonyl (C=O) groups is 1. The van der Waals surface area contributed by atoms with E-state index in [1.54, 1.807) is 0 Å². The fourth-order valence-corrected chi connectivity index (χ4v) is 1.61. The van der Waals surface area contributed by atoms with E-state index in [-0.39, 0.29) is 4.90 Å². The smallest absolute Gasteiger partial charge is 0.316 e. The minimum absolute atomic E-state index is 0.0332. The number of nitrogens with one attached hydrogen (secondary N) is 1. The summed E-state index contributed by atoms with van der Waals surface area (Å²) >= 11 is 0. The number of hydrogen-bond donors (Lipinski definition) is 2. The molecule has 7 heteroatoms. The Morgan fingerprint density at radius 2 is 1.79 bits per heavy atom. The summed E-state index contributed by atoms with van der Waals surface area (Å²) in [7, 11) is 1.36. The van der Waals surface area contributed by atoms with Gasteiger partial charge in [0.2, 0.25) is 0 Å². The number of primary amides is 1. The molecule has 0 aliphatic heterocycles. The van der Waals surface area contributed by atoms with Gasteiger partial charge in [-0.25, -0.2) is 13.2 Å². The van der Waals surface area contributed by atoms with Crippen molar-refractivity contribution in [2.24, 2.45) is 5.73 Å². The molecule has 0 aromatic heterocycles. The minimum atomic E-state index is -3.72. The van der Waals surface area contributed by atoms with Crippen LogP contribution >= 0.6 is 10.7 Å². The Bertz CT molecular complexity index is 441. The zero-order valence-corrected chi connectivity index (χ0v) is 8.47. The van der Waals surface area contributed by atoms with Crippen molar-refractivity contribution in [1.82, 2.24) is 0 Å². The Kier molecular flexibility index (Phi) is 2.97. The van der Waals surface area contributed by atoms with E-state index in [4.69, 9.17) is 16.4 Å². The van der Waals surface area contributed by atoms with Crippen molar-refractivity contribution < 1.29 is 13.2 Å². The molecule has 0 aliphatic carbocycles. The van der Waals surface area contributed by atoms with Gasteiger partial charge in [0.15, 0.2) is 0 Å². The lowest BCUT2D eigenvalue weighted by Crippen LogP contribution is -2.19. The lowest BCUT2D eigenvalue weighted by Gasteiger charge is -2.01. The third kappa shape index (κ3) is 2.90. The van der Waals surface area contributed by atoms with E-state index in [9.17, 15) is 13.2 Å². The second-order valence-electron chi connectivity index (χ2n) is 2.45. The van der Waals surface area contributed by atoms with Crippen LogP contribution in [0, 0.1) is 0 Å². The highest BCUT2D eigenvalue weighted by atomic mass is 35.7. The van der Waals surface area contributed by atoms with Crippen molar-refractivity contribution in [2.75, 3.05) is 5.32 Å². The first-order valence-corrected chi connectivity index (χ1v) is 5.82. The Labute approximate surface area is 85.3 Å². The first-order valence-electron chi connectivity index (χ1n) is 3.51. The van der Waals surface area contributed by atoms with Gasteiger partial charge in [0, 0.05) is 16.4 Å². The summed E-state index contributed by atoms with van der Waals surface area (Å²) in [5, 5.41) is 2.28. The number of amides is 2. The van der Waals surface area contributed by atoms with Crippen LogP contribution in [0.15, 0.2) is 29.2 Å². The average molecular weight is 235 g/mol. The molecular formula is C7H7ClN2O3S. The molecule has 1 aromatic carbocycles. The van der Waals surface area contributed by atoms with Crippen LogP contribution < -0.4 is 11.1 Å². The zero-order chi connectivity index (χ0) is 10.8. The van der Waals surface area contributed by atoms with Crippen LogP contribution in [-0.4, -0.2) is 14.4 Å². The number of urea groups is 1. The summed E-state index contributed by atoms with van der Waals surface area (Å²) in [6.07, 6.45) is 0. The minimum Gasteiger partial charge on any atom is -0.351 e. The average Bonchev–Trinajstić information content (AvgIpc) is 2.02. The van der Waals surface area contributed by atoms with E-state index in [1.807, 2.05) is 0 Å². The molecule has 1 rings (SSSR count). The molecule has 0 unspecified atom stereocenters. The molecule has 0 aliphatic rings. The van der Waals surface area contributed by atoms with Crippen LogP contribution in [0.25, 0.3) is 0 Å². The van der Waals surface area contributed by atoms with E-state index in [0.717, 1.165) is 0 Å². The maximum Gasteiger partial charge on any atom is 0.316 e. The first-order chi connectivity index (χ1) is 6.39. The summed E-state index contributed by atoms with van der Waals surface area (Å²) in [6, 6.07) is 4.60. The van der Waals surface area contributed by atoms with Gasteiger partial charge in [-0.3, -0.25) is 0 Å². The molecule has 0 spiro atoms. The number of nitrogens with two attached hydrogens (primary N) is 1. The van der Waals surface area contributed by atoms with Crippen molar-refractivity contribution in [1.29, 1.82) is 0 Å². The fraction of sp³-hybridized carbons (Fsp3) is 0. The Balaban J connectivity index is 2.95. The van der Waals surface area contributed by atoms with Gasteiger partial charge in [-0.1, -0.05) is 0 Å². The fourth-order valence-electron chi connectivity index (χ4n) is 0.843. The molecule has 0 fully saturated rings. The van der Waals surface area contributed by atoms with Gasteiger partial charge in [-0.15, -0.1) is 0 Å². The molecule has 0 saturated heterocycles. The highest BCUT2D eigenvalue weighted by Gasteiger charge is 2.08. The maximum atomic E-state index is 10.8. The largest absolute Gasteiger partial charge is 0.351 e. The van der Waals surface area contributed by atoms with E-state index in [0.29, 0.717) is 5.69 Å². The quantitative estimate of drug-likeness (QED) is 0.751. The van der Waals surface area contributed by atoms with Gasteiger partial charge in [0.05, 0.1) is 4.90 Å². The number of halogens is 1. The van der Waals surface area contributed by atoms with Crippen molar-refractivity contribution >= 4 is 31.5 Å². The molecular weight excluding hydrogens is 228 g/mol. The van der Waals surface area contributed by atoms with Crippen LogP contribution in [0.2, 0.25) is 0 Å². The maximum absolute atomic E-state index is 10.8. The van der Waals surface area contributed by atoms with Crippen LogP contribution in [0.3, 0.4) is 0 Å². The Hall–Kier alpha value is -1.27. The van der Waals surface area contributed by atoms with Crippen molar-refractivity contribution in [3.05, 3.63) is 24.3 Å². The van der Waals surface area contributed by atoms with Crippen molar-refractivity contribution in [3.63, 3.8) is 0 Å². The van der Waals surface area contributed by atoms with Gasteiger partial charge in [0.1, 0.15) is 0 Å². The van der Waals surface area contributed by atoms with Gasteiger partial charge < -0.3 is 11.1 Å². The van der Waals surface area contributed by atoms with Gasteiger partial charge in [0.25, 0.3) is 9.05 Å². The molecule has 14 heavy (non-hydrogen) atoms. The number of rotatable bonds is 2. The topological polar surface area (TPSA) is 89.3 Å². The predicted octanol–water partition coefficient (Wildman–Crippen LogP) is 1.10. The summed E-state index contributed by atoms with van der Waals surface area (Å²) < 4.78 is 21.6. The van der Waals surface area contributed by atoms with Crippen LogP contribution in [0.4, 0.5) is 10.5 Å². The molecule has 0 bridgehead atoms. The Morgan fingerprint density at radius 3 is 2.14 bits per heavy atom. The molecule has 2 amide bonds. The number of carbonyl (C=O) groups excluding carboxylic acids is 1. The number of benzene rings is 1. The lowest BCUT2D eigenvalue weighted by molar-refractivity contribution is 0.259. The first kappa shape index (κ1) is 10.8. The molecule has 3 N–H and O–H groups in total. The highest BCUT2D eigenvalue weighted by molar-refractivity contribution is 8.13. The van der Waals surface area contributed by atoms with Gasteiger partial charge in [-0.05, 0) is 24.3 Å². The summed E-state index contributed by atoms with van der Waals surface area (Å²) in [5.41, 5.74) is 5.26. The second-order valence-corrected chi connectivity index (χ2v) is 5.02. The molecule has 0 heterocycles. The summed E-state index contributed by atoms with van der Waals surface area (Å²) in [5.74, 6) is 0.